The van der Waals surface area contributed by atoms with Crippen LogP contribution >= 0.6 is 15.9 Å². The van der Waals surface area contributed by atoms with Crippen LogP contribution < -0.4 is 11.1 Å². The van der Waals surface area contributed by atoms with Crippen LogP contribution in [0.3, 0.4) is 0 Å². The van der Waals surface area contributed by atoms with Gasteiger partial charge in [0.2, 0.25) is 5.91 Å². The van der Waals surface area contributed by atoms with Gasteiger partial charge in [-0.2, -0.15) is 8.42 Å². The quantitative estimate of drug-likeness (QED) is 0.563. The number of rotatable bonds is 2. The van der Waals surface area contributed by atoms with Crippen LogP contribution in [-0.2, 0) is 14.9 Å². The van der Waals surface area contributed by atoms with Gasteiger partial charge in [-0.3, -0.25) is 9.35 Å². The zero-order chi connectivity index (χ0) is 15.1. The number of carbonyl (C=O) groups is 1. The monoisotopic (exact) mass is 358 g/mol. The molecule has 0 atom stereocenters. The molecule has 0 aliphatic rings. The van der Waals surface area contributed by atoms with Crippen molar-refractivity contribution in [3.63, 3.8) is 0 Å². The molecule has 4 N–H and O–H groups in total. The lowest BCUT2D eigenvalue weighted by molar-refractivity contribution is -0.114. The zero-order valence-corrected chi connectivity index (χ0v) is 12.7. The number of halogens is 1. The van der Waals surface area contributed by atoms with Crippen LogP contribution in [0.15, 0.2) is 33.6 Å². The molecule has 106 valence electrons. The topological polar surface area (TPSA) is 109 Å². The Morgan fingerprint density at radius 3 is 2.50 bits per heavy atom. The van der Waals surface area contributed by atoms with E-state index in [1.165, 1.54) is 25.1 Å². The molecule has 0 fully saturated rings. The van der Waals surface area contributed by atoms with Gasteiger partial charge < -0.3 is 11.1 Å². The molecule has 6 nitrogen and oxygen atoms in total. The SMILES string of the molecule is CC(=O)Nc1cc(Br)c(N)c2cc(S(=O)(=O)O)ccc12. The summed E-state index contributed by atoms with van der Waals surface area (Å²) in [5.74, 6) is -0.262. The molecular weight excluding hydrogens is 348 g/mol. The Morgan fingerprint density at radius 1 is 1.30 bits per heavy atom. The minimum Gasteiger partial charge on any atom is -0.397 e. The first-order valence-electron chi connectivity index (χ1n) is 5.47. The molecule has 2 aromatic carbocycles. The fourth-order valence-electron chi connectivity index (χ4n) is 1.85. The second kappa shape index (κ2) is 5.04. The van der Waals surface area contributed by atoms with Gasteiger partial charge in [0, 0.05) is 27.9 Å². The predicted octanol–water partition coefficient (Wildman–Crippen LogP) is 2.39. The molecule has 0 aromatic heterocycles. The fraction of sp³-hybridized carbons (Fsp3) is 0.0833. The molecule has 8 heteroatoms. The highest BCUT2D eigenvalue weighted by atomic mass is 79.9. The summed E-state index contributed by atoms with van der Waals surface area (Å²) in [5.41, 5.74) is 6.71. The van der Waals surface area contributed by atoms with E-state index < -0.39 is 10.1 Å². The first kappa shape index (κ1) is 14.8. The Bertz CT molecular complexity index is 818. The van der Waals surface area contributed by atoms with Crippen LogP contribution in [0.1, 0.15) is 6.92 Å². The molecule has 0 saturated carbocycles. The lowest BCUT2D eigenvalue weighted by Gasteiger charge is -2.12. The molecule has 2 aromatic rings. The number of nitrogen functional groups attached to an aromatic ring is 1. The molecule has 20 heavy (non-hydrogen) atoms. The summed E-state index contributed by atoms with van der Waals surface area (Å²) in [6.07, 6.45) is 0. The summed E-state index contributed by atoms with van der Waals surface area (Å²) >= 11 is 3.24. The van der Waals surface area contributed by atoms with Gasteiger partial charge in [0.15, 0.2) is 0 Å². The van der Waals surface area contributed by atoms with Gasteiger partial charge in [0.25, 0.3) is 10.1 Å². The largest absolute Gasteiger partial charge is 0.397 e. The van der Waals surface area contributed by atoms with Crippen LogP contribution in [0.25, 0.3) is 10.8 Å². The van der Waals surface area contributed by atoms with Crippen molar-refractivity contribution < 1.29 is 17.8 Å². The molecular formula is C12H11BrN2O4S. The smallest absolute Gasteiger partial charge is 0.294 e. The first-order chi connectivity index (χ1) is 9.20. The molecule has 0 aliphatic carbocycles. The highest BCUT2D eigenvalue weighted by Crippen LogP contribution is 2.36. The second-order valence-corrected chi connectivity index (χ2v) is 6.46. The maximum atomic E-state index is 11.2. The van der Waals surface area contributed by atoms with E-state index in [2.05, 4.69) is 21.2 Å². The van der Waals surface area contributed by atoms with E-state index in [9.17, 15) is 13.2 Å². The third kappa shape index (κ3) is 2.77. The zero-order valence-electron chi connectivity index (χ0n) is 10.3. The van der Waals surface area contributed by atoms with E-state index in [-0.39, 0.29) is 10.8 Å². The minimum atomic E-state index is -4.32. The molecule has 0 spiro atoms. The Labute approximate surface area is 123 Å². The van der Waals surface area contributed by atoms with E-state index in [1.54, 1.807) is 6.07 Å². The average Bonchev–Trinajstić information content (AvgIpc) is 2.33. The third-order valence-electron chi connectivity index (χ3n) is 2.71. The normalized spacial score (nSPS) is 11.6. The molecule has 0 heterocycles. The van der Waals surface area contributed by atoms with Gasteiger partial charge in [-0.05, 0) is 34.1 Å². The first-order valence-corrected chi connectivity index (χ1v) is 7.70. The molecule has 0 aliphatic heterocycles. The maximum absolute atomic E-state index is 11.2. The maximum Gasteiger partial charge on any atom is 0.294 e. The van der Waals surface area contributed by atoms with E-state index in [1.807, 2.05) is 0 Å². The summed E-state index contributed by atoms with van der Waals surface area (Å²) in [4.78, 5) is 10.9. The van der Waals surface area contributed by atoms with E-state index >= 15 is 0 Å². The summed E-state index contributed by atoms with van der Waals surface area (Å²) in [6, 6.07) is 5.62. The minimum absolute atomic E-state index is 0.261. The van der Waals surface area contributed by atoms with Gasteiger partial charge in [-0.25, -0.2) is 0 Å². The van der Waals surface area contributed by atoms with Crippen molar-refractivity contribution in [2.45, 2.75) is 11.8 Å². The molecule has 0 saturated heterocycles. The predicted molar refractivity (Wildman–Crippen MR) is 80.2 cm³/mol. The Hall–Kier alpha value is -1.64. The second-order valence-electron chi connectivity index (χ2n) is 4.18. The molecule has 0 radical (unpaired) electrons. The Morgan fingerprint density at radius 2 is 1.95 bits per heavy atom. The lowest BCUT2D eigenvalue weighted by atomic mass is 10.1. The van der Waals surface area contributed by atoms with Crippen LogP contribution in [0.4, 0.5) is 11.4 Å². The molecule has 2 rings (SSSR count). The highest BCUT2D eigenvalue weighted by molar-refractivity contribution is 9.10. The van der Waals surface area contributed by atoms with Crippen molar-refractivity contribution in [1.82, 2.24) is 0 Å². The van der Waals surface area contributed by atoms with Crippen LogP contribution in [0, 0.1) is 0 Å². The van der Waals surface area contributed by atoms with Crippen LogP contribution in [0.2, 0.25) is 0 Å². The van der Waals surface area contributed by atoms with Crippen molar-refractivity contribution >= 4 is 54.1 Å². The number of fused-ring (bicyclic) bond motifs is 1. The Balaban J connectivity index is 2.81. The van der Waals surface area contributed by atoms with E-state index in [0.717, 1.165) is 0 Å². The summed E-state index contributed by atoms with van der Waals surface area (Å²) < 4.78 is 31.9. The van der Waals surface area contributed by atoms with Gasteiger partial charge in [-0.15, -0.1) is 0 Å². The molecule has 0 bridgehead atoms. The summed E-state index contributed by atoms with van der Waals surface area (Å²) in [5, 5.41) is 3.63. The number of hydrogen-bond acceptors (Lipinski definition) is 4. The van der Waals surface area contributed by atoms with Crippen molar-refractivity contribution in [2.24, 2.45) is 0 Å². The number of nitrogens with two attached hydrogens (primary N) is 1. The van der Waals surface area contributed by atoms with E-state index in [4.69, 9.17) is 10.3 Å². The highest BCUT2D eigenvalue weighted by Gasteiger charge is 2.14. The summed E-state index contributed by atoms with van der Waals surface area (Å²) in [6.45, 7) is 1.36. The average molecular weight is 359 g/mol. The number of amides is 1. The van der Waals surface area contributed by atoms with E-state index in [0.29, 0.717) is 26.6 Å². The van der Waals surface area contributed by atoms with Gasteiger partial charge in [0.1, 0.15) is 0 Å². The Kier molecular flexibility index (Phi) is 3.72. The van der Waals surface area contributed by atoms with Crippen molar-refractivity contribution in [3.05, 3.63) is 28.7 Å². The van der Waals surface area contributed by atoms with Gasteiger partial charge in [-0.1, -0.05) is 6.07 Å². The third-order valence-corrected chi connectivity index (χ3v) is 4.21. The summed E-state index contributed by atoms with van der Waals surface area (Å²) in [7, 11) is -4.32. The van der Waals surface area contributed by atoms with Crippen LogP contribution in [0.5, 0.6) is 0 Å². The molecule has 0 unspecified atom stereocenters. The van der Waals surface area contributed by atoms with Gasteiger partial charge in [0.05, 0.1) is 10.6 Å². The fourth-order valence-corrected chi connectivity index (χ4v) is 2.79. The molecule has 1 amide bonds. The number of anilines is 2. The van der Waals surface area contributed by atoms with Crippen molar-refractivity contribution in [1.29, 1.82) is 0 Å². The standard InChI is InChI=1S/C12H11BrN2O4S/c1-6(16)15-11-5-10(13)12(14)9-4-7(20(17,18)19)2-3-8(9)11/h2-5H,14H2,1H3,(H,15,16)(H,17,18,19). The lowest BCUT2D eigenvalue weighted by Crippen LogP contribution is -2.07. The van der Waals surface area contributed by atoms with Gasteiger partial charge >= 0.3 is 0 Å². The van der Waals surface area contributed by atoms with Crippen molar-refractivity contribution in [2.75, 3.05) is 11.1 Å². The van der Waals surface area contributed by atoms with Crippen LogP contribution in [-0.4, -0.2) is 18.9 Å². The number of carbonyl (C=O) groups excluding carboxylic acids is 1. The number of hydrogen-bond donors (Lipinski definition) is 3. The number of benzene rings is 2. The van der Waals surface area contributed by atoms with Crippen molar-refractivity contribution in [3.8, 4) is 0 Å². The number of nitrogens with one attached hydrogen (secondary N) is 1.